The highest BCUT2D eigenvalue weighted by atomic mass is 35.5. The van der Waals surface area contributed by atoms with Gasteiger partial charge in [0, 0.05) is 0 Å². The molecular formula is C13H9Cl2F3. The molecule has 0 atom stereocenters. The maximum Gasteiger partial charge on any atom is 0.416 e. The molecule has 0 radical (unpaired) electrons. The normalized spacial score (nSPS) is 16.3. The summed E-state index contributed by atoms with van der Waals surface area (Å²) in [7, 11) is 0. The van der Waals surface area contributed by atoms with Gasteiger partial charge in [0.1, 0.15) is 0 Å². The van der Waals surface area contributed by atoms with Crippen LogP contribution in [0.4, 0.5) is 13.2 Å². The summed E-state index contributed by atoms with van der Waals surface area (Å²) >= 11 is 11.6. The lowest BCUT2D eigenvalue weighted by Gasteiger charge is -2.19. The Balaban J connectivity index is 2.55. The summed E-state index contributed by atoms with van der Waals surface area (Å²) in [5.41, 5.74) is 0.136. The van der Waals surface area contributed by atoms with Crippen LogP contribution < -0.4 is 0 Å². The fourth-order valence-electron chi connectivity index (χ4n) is 1.91. The van der Waals surface area contributed by atoms with E-state index in [0.717, 1.165) is 6.08 Å². The van der Waals surface area contributed by atoms with E-state index in [0.29, 0.717) is 23.4 Å². The highest BCUT2D eigenvalue weighted by Gasteiger charge is 2.35. The number of rotatable bonds is 1. The van der Waals surface area contributed by atoms with Gasteiger partial charge >= 0.3 is 6.18 Å². The second-order valence-electron chi connectivity index (χ2n) is 3.96. The topological polar surface area (TPSA) is 0 Å². The first-order chi connectivity index (χ1) is 8.39. The lowest BCUT2D eigenvalue weighted by Crippen LogP contribution is -2.14. The highest BCUT2D eigenvalue weighted by Crippen LogP contribution is 2.39. The smallest absolute Gasteiger partial charge is 0.166 e. The second-order valence-corrected chi connectivity index (χ2v) is 4.77. The van der Waals surface area contributed by atoms with E-state index in [1.807, 2.05) is 0 Å². The van der Waals surface area contributed by atoms with Gasteiger partial charge < -0.3 is 0 Å². The van der Waals surface area contributed by atoms with Crippen molar-refractivity contribution in [2.45, 2.75) is 19.0 Å². The van der Waals surface area contributed by atoms with E-state index in [-0.39, 0.29) is 10.6 Å². The summed E-state index contributed by atoms with van der Waals surface area (Å²) in [6.45, 7) is 0. The van der Waals surface area contributed by atoms with Crippen molar-refractivity contribution in [2.75, 3.05) is 0 Å². The number of halogens is 5. The minimum atomic E-state index is -4.35. The standard InChI is InChI=1S/C13H9Cl2F3/c14-11-6-5-8(7-12(11)15)9-3-1-2-4-10(9)13(16,17)18/h2,4-7H,1,3H2. The first-order valence-corrected chi connectivity index (χ1v) is 6.07. The predicted molar refractivity (Wildman–Crippen MR) is 67.8 cm³/mol. The molecule has 1 aliphatic carbocycles. The largest absolute Gasteiger partial charge is 0.416 e. The Kier molecular flexibility index (Phi) is 3.74. The molecule has 0 fully saturated rings. The monoisotopic (exact) mass is 292 g/mol. The lowest BCUT2D eigenvalue weighted by molar-refractivity contribution is -0.0879. The minimum absolute atomic E-state index is 0.262. The van der Waals surface area contributed by atoms with E-state index < -0.39 is 11.7 Å². The third kappa shape index (κ3) is 2.73. The van der Waals surface area contributed by atoms with Gasteiger partial charge in [-0.1, -0.05) is 41.4 Å². The van der Waals surface area contributed by atoms with Crippen LogP contribution in [0.25, 0.3) is 5.57 Å². The fourth-order valence-corrected chi connectivity index (χ4v) is 2.21. The van der Waals surface area contributed by atoms with E-state index in [1.165, 1.54) is 18.2 Å². The van der Waals surface area contributed by atoms with Crippen LogP contribution in [-0.2, 0) is 0 Å². The second kappa shape index (κ2) is 4.98. The first kappa shape index (κ1) is 13.5. The van der Waals surface area contributed by atoms with Gasteiger partial charge in [0.05, 0.1) is 15.6 Å². The van der Waals surface area contributed by atoms with E-state index >= 15 is 0 Å². The molecule has 2 rings (SSSR count). The quantitative estimate of drug-likeness (QED) is 0.626. The molecule has 1 aromatic carbocycles. The Bertz CT molecular complexity index is 528. The number of benzene rings is 1. The molecule has 0 amide bonds. The van der Waals surface area contributed by atoms with E-state index in [4.69, 9.17) is 23.2 Å². The molecule has 0 saturated carbocycles. The Hall–Kier alpha value is -0.930. The average Bonchev–Trinajstić information content (AvgIpc) is 2.32. The maximum absolute atomic E-state index is 12.9. The van der Waals surface area contributed by atoms with Gasteiger partial charge in [-0.15, -0.1) is 0 Å². The molecule has 1 aliphatic rings. The molecule has 0 N–H and O–H groups in total. The Morgan fingerprint density at radius 3 is 2.39 bits per heavy atom. The van der Waals surface area contributed by atoms with Crippen molar-refractivity contribution >= 4 is 28.8 Å². The molecule has 5 heteroatoms. The van der Waals surface area contributed by atoms with Gasteiger partial charge in [-0.25, -0.2) is 0 Å². The zero-order valence-corrected chi connectivity index (χ0v) is 10.7. The van der Waals surface area contributed by atoms with Crippen LogP contribution in [0.15, 0.2) is 35.9 Å². The zero-order chi connectivity index (χ0) is 13.3. The van der Waals surface area contributed by atoms with Crippen molar-refractivity contribution in [3.05, 3.63) is 51.5 Å². The van der Waals surface area contributed by atoms with Crippen molar-refractivity contribution in [3.63, 3.8) is 0 Å². The summed E-state index contributed by atoms with van der Waals surface area (Å²) in [4.78, 5) is 0. The molecule has 0 aliphatic heterocycles. The summed E-state index contributed by atoms with van der Waals surface area (Å²) in [6, 6.07) is 4.55. The van der Waals surface area contributed by atoms with Crippen molar-refractivity contribution in [1.29, 1.82) is 0 Å². The molecule has 96 valence electrons. The maximum atomic E-state index is 12.9. The highest BCUT2D eigenvalue weighted by molar-refractivity contribution is 6.42. The number of hydrogen-bond acceptors (Lipinski definition) is 0. The number of hydrogen-bond donors (Lipinski definition) is 0. The molecular weight excluding hydrogens is 284 g/mol. The predicted octanol–water partition coefficient (Wildman–Crippen LogP) is 5.66. The van der Waals surface area contributed by atoms with Gasteiger partial charge in [-0.2, -0.15) is 13.2 Å². The van der Waals surface area contributed by atoms with Crippen LogP contribution in [0.3, 0.4) is 0 Å². The molecule has 0 aromatic heterocycles. The van der Waals surface area contributed by atoms with Gasteiger partial charge in [0.15, 0.2) is 0 Å². The number of alkyl halides is 3. The van der Waals surface area contributed by atoms with Crippen LogP contribution in [-0.4, -0.2) is 6.18 Å². The molecule has 1 aromatic rings. The molecule has 0 unspecified atom stereocenters. The molecule has 0 nitrogen and oxygen atoms in total. The molecule has 0 heterocycles. The van der Waals surface area contributed by atoms with Crippen LogP contribution >= 0.6 is 23.2 Å². The Labute approximate surface area is 113 Å². The van der Waals surface area contributed by atoms with Gasteiger partial charge in [-0.05, 0) is 36.1 Å². The minimum Gasteiger partial charge on any atom is -0.166 e. The van der Waals surface area contributed by atoms with Crippen molar-refractivity contribution < 1.29 is 13.2 Å². The van der Waals surface area contributed by atoms with Crippen molar-refractivity contribution in [1.82, 2.24) is 0 Å². The van der Waals surface area contributed by atoms with Crippen LogP contribution in [0.2, 0.25) is 10.0 Å². The van der Waals surface area contributed by atoms with Crippen molar-refractivity contribution in [2.24, 2.45) is 0 Å². The van der Waals surface area contributed by atoms with E-state index in [9.17, 15) is 13.2 Å². The van der Waals surface area contributed by atoms with E-state index in [2.05, 4.69) is 0 Å². The summed E-state index contributed by atoms with van der Waals surface area (Å²) < 4.78 is 38.7. The SMILES string of the molecule is FC(F)(F)C1=C(c2ccc(Cl)c(Cl)c2)CCC=C1. The third-order valence-electron chi connectivity index (χ3n) is 2.74. The van der Waals surface area contributed by atoms with Crippen LogP contribution in [0.5, 0.6) is 0 Å². The van der Waals surface area contributed by atoms with Crippen LogP contribution in [0.1, 0.15) is 18.4 Å². The average molecular weight is 293 g/mol. The van der Waals surface area contributed by atoms with Gasteiger partial charge in [0.2, 0.25) is 0 Å². The van der Waals surface area contributed by atoms with Crippen LogP contribution in [0, 0.1) is 0 Å². The molecule has 18 heavy (non-hydrogen) atoms. The Morgan fingerprint density at radius 2 is 1.78 bits per heavy atom. The molecule has 0 spiro atoms. The zero-order valence-electron chi connectivity index (χ0n) is 9.19. The third-order valence-corrected chi connectivity index (χ3v) is 3.48. The number of allylic oxidation sites excluding steroid dienone is 4. The van der Waals surface area contributed by atoms with E-state index in [1.54, 1.807) is 6.07 Å². The summed E-state index contributed by atoms with van der Waals surface area (Å²) in [5.74, 6) is 0. The molecule has 0 bridgehead atoms. The summed E-state index contributed by atoms with van der Waals surface area (Å²) in [5, 5.41) is 0.596. The van der Waals surface area contributed by atoms with Gasteiger partial charge in [0.25, 0.3) is 0 Å². The van der Waals surface area contributed by atoms with Gasteiger partial charge in [-0.3, -0.25) is 0 Å². The van der Waals surface area contributed by atoms with Crippen molar-refractivity contribution in [3.8, 4) is 0 Å². The Morgan fingerprint density at radius 1 is 1.06 bits per heavy atom. The first-order valence-electron chi connectivity index (χ1n) is 5.32. The molecule has 0 saturated heterocycles. The summed E-state index contributed by atoms with van der Waals surface area (Å²) in [6.07, 6.45) is -0.748. The lowest BCUT2D eigenvalue weighted by atomic mass is 9.91. The fraction of sp³-hybridized carbons (Fsp3) is 0.231.